The maximum absolute atomic E-state index is 12.4. The van der Waals surface area contributed by atoms with Crippen molar-refractivity contribution >= 4 is 11.4 Å². The Bertz CT molecular complexity index is 371. The number of nitrogen functional groups attached to an aromatic ring is 1. The van der Waals surface area contributed by atoms with E-state index < -0.39 is 11.7 Å². The zero-order valence-corrected chi connectivity index (χ0v) is 9.93. The van der Waals surface area contributed by atoms with Crippen molar-refractivity contribution in [3.05, 3.63) is 23.8 Å². The molecule has 96 valence electrons. The van der Waals surface area contributed by atoms with E-state index in [2.05, 4.69) is 5.32 Å². The highest BCUT2D eigenvalue weighted by atomic mass is 19.4. The Morgan fingerprint density at radius 1 is 1.24 bits per heavy atom. The molecule has 17 heavy (non-hydrogen) atoms. The number of rotatable bonds is 4. The van der Waals surface area contributed by atoms with Gasteiger partial charge in [-0.1, -0.05) is 13.8 Å². The number of nitrogens with two attached hydrogens (primary N) is 1. The summed E-state index contributed by atoms with van der Waals surface area (Å²) in [6, 6.07) is 3.62. The van der Waals surface area contributed by atoms with Crippen LogP contribution in [0.5, 0.6) is 0 Å². The van der Waals surface area contributed by atoms with Crippen molar-refractivity contribution in [1.29, 1.82) is 0 Å². The molecule has 0 spiro atoms. The summed E-state index contributed by atoms with van der Waals surface area (Å²) >= 11 is 0. The molecule has 0 aliphatic carbocycles. The van der Waals surface area contributed by atoms with E-state index in [1.807, 2.05) is 13.8 Å². The van der Waals surface area contributed by atoms with Gasteiger partial charge in [0.15, 0.2) is 0 Å². The van der Waals surface area contributed by atoms with Gasteiger partial charge in [-0.25, -0.2) is 0 Å². The SMILES string of the molecule is CCC(CC)Nc1ccc(C(F)(F)F)cc1N. The number of halogens is 3. The number of alkyl halides is 3. The predicted octanol–water partition coefficient (Wildman–Crippen LogP) is 3.89. The molecule has 2 nitrogen and oxygen atoms in total. The Balaban J connectivity index is 2.90. The second-order valence-corrected chi connectivity index (χ2v) is 3.96. The van der Waals surface area contributed by atoms with E-state index in [0.717, 1.165) is 25.0 Å². The van der Waals surface area contributed by atoms with Crippen LogP contribution in [0, 0.1) is 0 Å². The van der Waals surface area contributed by atoms with Gasteiger partial charge >= 0.3 is 6.18 Å². The van der Waals surface area contributed by atoms with Crippen LogP contribution in [0.25, 0.3) is 0 Å². The van der Waals surface area contributed by atoms with E-state index in [4.69, 9.17) is 5.73 Å². The summed E-state index contributed by atoms with van der Waals surface area (Å²) in [5, 5.41) is 3.13. The van der Waals surface area contributed by atoms with Gasteiger partial charge in [0.2, 0.25) is 0 Å². The Hall–Kier alpha value is -1.39. The quantitative estimate of drug-likeness (QED) is 0.791. The van der Waals surface area contributed by atoms with Crippen LogP contribution in [-0.2, 0) is 6.18 Å². The Kier molecular flexibility index (Phi) is 4.26. The van der Waals surface area contributed by atoms with Crippen molar-refractivity contribution in [1.82, 2.24) is 0 Å². The maximum atomic E-state index is 12.4. The third-order valence-corrected chi connectivity index (χ3v) is 2.72. The molecular weight excluding hydrogens is 229 g/mol. The first kappa shape index (κ1) is 13.7. The Labute approximate surface area is 99.0 Å². The summed E-state index contributed by atoms with van der Waals surface area (Å²) in [7, 11) is 0. The molecular formula is C12H17F3N2. The minimum atomic E-state index is -4.35. The Morgan fingerprint density at radius 3 is 2.24 bits per heavy atom. The molecule has 0 fully saturated rings. The molecule has 5 heteroatoms. The first-order valence-corrected chi connectivity index (χ1v) is 5.61. The molecule has 0 saturated heterocycles. The molecule has 0 heterocycles. The lowest BCUT2D eigenvalue weighted by Crippen LogP contribution is -2.18. The smallest absolute Gasteiger partial charge is 0.397 e. The lowest BCUT2D eigenvalue weighted by Gasteiger charge is -2.18. The highest BCUT2D eigenvalue weighted by Crippen LogP contribution is 2.33. The molecule has 0 amide bonds. The average molecular weight is 246 g/mol. The lowest BCUT2D eigenvalue weighted by atomic mass is 10.1. The fraction of sp³-hybridized carbons (Fsp3) is 0.500. The fourth-order valence-electron chi connectivity index (χ4n) is 1.58. The molecule has 0 unspecified atom stereocenters. The molecule has 0 aliphatic rings. The van der Waals surface area contributed by atoms with Gasteiger partial charge < -0.3 is 11.1 Å². The van der Waals surface area contributed by atoms with Crippen molar-refractivity contribution < 1.29 is 13.2 Å². The van der Waals surface area contributed by atoms with E-state index in [9.17, 15) is 13.2 Å². The third-order valence-electron chi connectivity index (χ3n) is 2.72. The predicted molar refractivity (Wildman–Crippen MR) is 63.8 cm³/mol. The average Bonchev–Trinajstić information content (AvgIpc) is 2.26. The molecule has 0 saturated carbocycles. The largest absolute Gasteiger partial charge is 0.416 e. The van der Waals surface area contributed by atoms with Gasteiger partial charge in [-0.05, 0) is 31.0 Å². The van der Waals surface area contributed by atoms with E-state index in [-0.39, 0.29) is 11.7 Å². The van der Waals surface area contributed by atoms with Crippen LogP contribution in [-0.4, -0.2) is 6.04 Å². The van der Waals surface area contributed by atoms with Crippen molar-refractivity contribution in [2.45, 2.75) is 38.9 Å². The van der Waals surface area contributed by atoms with Gasteiger partial charge in [-0.15, -0.1) is 0 Å². The topological polar surface area (TPSA) is 38.0 Å². The summed E-state index contributed by atoms with van der Waals surface area (Å²) in [4.78, 5) is 0. The summed E-state index contributed by atoms with van der Waals surface area (Å²) in [5.74, 6) is 0. The molecule has 1 aromatic rings. The third kappa shape index (κ3) is 3.54. The minimum Gasteiger partial charge on any atom is -0.397 e. The first-order chi connectivity index (χ1) is 7.88. The number of anilines is 2. The molecule has 1 rings (SSSR count). The first-order valence-electron chi connectivity index (χ1n) is 5.61. The molecule has 0 aromatic heterocycles. The van der Waals surface area contributed by atoms with Crippen molar-refractivity contribution in [3.8, 4) is 0 Å². The molecule has 0 radical (unpaired) electrons. The number of hydrogen-bond acceptors (Lipinski definition) is 2. The van der Waals surface area contributed by atoms with E-state index in [0.29, 0.717) is 5.69 Å². The van der Waals surface area contributed by atoms with Crippen molar-refractivity contribution in [2.24, 2.45) is 0 Å². The van der Waals surface area contributed by atoms with E-state index in [1.54, 1.807) is 0 Å². The fourth-order valence-corrected chi connectivity index (χ4v) is 1.58. The van der Waals surface area contributed by atoms with Crippen LogP contribution in [0.15, 0.2) is 18.2 Å². The second-order valence-electron chi connectivity index (χ2n) is 3.96. The zero-order chi connectivity index (χ0) is 13.1. The Morgan fingerprint density at radius 2 is 1.82 bits per heavy atom. The summed E-state index contributed by atoms with van der Waals surface area (Å²) in [6.45, 7) is 4.03. The normalized spacial score (nSPS) is 11.9. The molecule has 0 aliphatic heterocycles. The van der Waals surface area contributed by atoms with E-state index >= 15 is 0 Å². The van der Waals surface area contributed by atoms with Crippen molar-refractivity contribution in [3.63, 3.8) is 0 Å². The van der Waals surface area contributed by atoms with Gasteiger partial charge in [0.05, 0.1) is 16.9 Å². The van der Waals surface area contributed by atoms with E-state index in [1.165, 1.54) is 6.07 Å². The standard InChI is InChI=1S/C12H17F3N2/c1-3-9(4-2)17-11-6-5-8(7-10(11)16)12(13,14)15/h5-7,9,17H,3-4,16H2,1-2H3. The van der Waals surface area contributed by atoms with Crippen LogP contribution in [0.3, 0.4) is 0 Å². The van der Waals surface area contributed by atoms with Crippen LogP contribution in [0.2, 0.25) is 0 Å². The summed E-state index contributed by atoms with van der Waals surface area (Å²) in [6.07, 6.45) is -2.55. The molecule has 1 aromatic carbocycles. The number of benzene rings is 1. The van der Waals surface area contributed by atoms with Gasteiger partial charge in [-0.3, -0.25) is 0 Å². The lowest BCUT2D eigenvalue weighted by molar-refractivity contribution is -0.137. The summed E-state index contributed by atoms with van der Waals surface area (Å²) < 4.78 is 37.3. The minimum absolute atomic E-state index is 0.131. The van der Waals surface area contributed by atoms with Crippen LogP contribution >= 0.6 is 0 Å². The van der Waals surface area contributed by atoms with Crippen molar-refractivity contribution in [2.75, 3.05) is 11.1 Å². The molecule has 0 bridgehead atoms. The number of nitrogens with one attached hydrogen (secondary N) is 1. The molecule has 0 atom stereocenters. The molecule has 3 N–H and O–H groups in total. The van der Waals surface area contributed by atoms with Gasteiger partial charge in [-0.2, -0.15) is 13.2 Å². The number of hydrogen-bond donors (Lipinski definition) is 2. The highest BCUT2D eigenvalue weighted by molar-refractivity contribution is 5.67. The van der Waals surface area contributed by atoms with Gasteiger partial charge in [0, 0.05) is 6.04 Å². The van der Waals surface area contributed by atoms with Gasteiger partial charge in [0.1, 0.15) is 0 Å². The maximum Gasteiger partial charge on any atom is 0.416 e. The van der Waals surface area contributed by atoms with Crippen LogP contribution in [0.4, 0.5) is 24.5 Å². The van der Waals surface area contributed by atoms with Crippen LogP contribution < -0.4 is 11.1 Å². The zero-order valence-electron chi connectivity index (χ0n) is 9.93. The summed E-state index contributed by atoms with van der Waals surface area (Å²) in [5.41, 5.74) is 5.59. The highest BCUT2D eigenvalue weighted by Gasteiger charge is 2.30. The van der Waals surface area contributed by atoms with Crippen LogP contribution in [0.1, 0.15) is 32.3 Å². The van der Waals surface area contributed by atoms with Gasteiger partial charge in [0.25, 0.3) is 0 Å². The monoisotopic (exact) mass is 246 g/mol. The second kappa shape index (κ2) is 5.29.